The number of aryl methyl sites for hydroxylation is 1. The number of fused-ring (bicyclic) bond motifs is 2. The second kappa shape index (κ2) is 7.11. The van der Waals surface area contributed by atoms with Gasteiger partial charge in [0.05, 0.1) is 5.39 Å². The lowest BCUT2D eigenvalue weighted by molar-refractivity contribution is 0.0727. The minimum absolute atomic E-state index is 0.110. The van der Waals surface area contributed by atoms with Gasteiger partial charge in [0.15, 0.2) is 17.2 Å². The van der Waals surface area contributed by atoms with Crippen LogP contribution in [-0.4, -0.2) is 22.5 Å². The molecule has 27 heavy (non-hydrogen) atoms. The third kappa shape index (κ3) is 3.23. The van der Waals surface area contributed by atoms with Crippen molar-refractivity contribution in [3.63, 3.8) is 0 Å². The van der Waals surface area contributed by atoms with Crippen molar-refractivity contribution < 1.29 is 19.0 Å². The smallest absolute Gasteiger partial charge is 0.364 e. The van der Waals surface area contributed by atoms with Gasteiger partial charge in [0.1, 0.15) is 5.75 Å². The Balaban J connectivity index is 1.72. The molecule has 0 unspecified atom stereocenters. The van der Waals surface area contributed by atoms with Crippen LogP contribution in [0.1, 0.15) is 30.3 Å². The van der Waals surface area contributed by atoms with E-state index < -0.39 is 5.97 Å². The molecule has 0 radical (unpaired) electrons. The van der Waals surface area contributed by atoms with Gasteiger partial charge in [0.2, 0.25) is 6.79 Å². The maximum atomic E-state index is 12.8. The van der Waals surface area contributed by atoms with Gasteiger partial charge in [-0.2, -0.15) is 5.10 Å². The molecule has 0 N–H and O–H groups in total. The highest BCUT2D eigenvalue weighted by molar-refractivity contribution is 6.02. The van der Waals surface area contributed by atoms with Crippen LogP contribution in [-0.2, 0) is 6.54 Å². The number of aromatic nitrogens is 2. The van der Waals surface area contributed by atoms with E-state index in [1.54, 1.807) is 42.5 Å². The molecule has 0 saturated carbocycles. The van der Waals surface area contributed by atoms with Crippen LogP contribution in [0.15, 0.2) is 47.3 Å². The van der Waals surface area contributed by atoms with E-state index in [9.17, 15) is 9.59 Å². The Morgan fingerprint density at radius 3 is 2.74 bits per heavy atom. The molecule has 0 amide bonds. The zero-order chi connectivity index (χ0) is 18.8. The van der Waals surface area contributed by atoms with E-state index in [0.717, 1.165) is 12.8 Å². The average Bonchev–Trinajstić information content (AvgIpc) is 3.15. The Bertz CT molecular complexity index is 1070. The Hall–Kier alpha value is -3.35. The third-order valence-electron chi connectivity index (χ3n) is 4.34. The Labute approximate surface area is 155 Å². The summed E-state index contributed by atoms with van der Waals surface area (Å²) in [5.74, 6) is 0.814. The molecular weight excluding hydrogens is 348 g/mol. The first kappa shape index (κ1) is 17.1. The first-order chi connectivity index (χ1) is 13.2. The van der Waals surface area contributed by atoms with E-state index in [0.29, 0.717) is 34.6 Å². The molecule has 138 valence electrons. The fraction of sp³-hybridized carbons (Fsp3) is 0.250. The SMILES string of the molecule is CCCCn1nc(C(=O)Oc2ccc3c(c2)OCO3)c2ccccc2c1=O. The largest absolute Gasteiger partial charge is 0.454 e. The molecule has 3 aromatic rings. The summed E-state index contributed by atoms with van der Waals surface area (Å²) in [7, 11) is 0. The number of nitrogens with zero attached hydrogens (tertiary/aromatic N) is 2. The lowest BCUT2D eigenvalue weighted by atomic mass is 10.1. The number of carbonyl (C=O) groups is 1. The van der Waals surface area contributed by atoms with Crippen LogP contribution < -0.4 is 19.8 Å². The summed E-state index contributed by atoms with van der Waals surface area (Å²) in [6.45, 7) is 2.62. The fourth-order valence-electron chi connectivity index (χ4n) is 2.94. The fourth-order valence-corrected chi connectivity index (χ4v) is 2.94. The summed E-state index contributed by atoms with van der Waals surface area (Å²) in [6.07, 6.45) is 1.71. The van der Waals surface area contributed by atoms with Gasteiger partial charge >= 0.3 is 5.97 Å². The molecule has 2 heterocycles. The number of carbonyl (C=O) groups excluding carboxylic acids is 1. The standard InChI is InChI=1S/C20H18N2O5/c1-2-3-10-22-19(23)15-7-5-4-6-14(15)18(21-22)20(24)27-13-8-9-16-17(11-13)26-12-25-16/h4-9,11H,2-3,10,12H2,1H3. The van der Waals surface area contributed by atoms with Crippen LogP contribution in [0.2, 0.25) is 0 Å². The molecular formula is C20H18N2O5. The molecule has 1 aromatic heterocycles. The van der Waals surface area contributed by atoms with E-state index >= 15 is 0 Å². The van der Waals surface area contributed by atoms with Gasteiger partial charge in [-0.1, -0.05) is 31.5 Å². The first-order valence-corrected chi connectivity index (χ1v) is 8.79. The van der Waals surface area contributed by atoms with Gasteiger partial charge in [-0.15, -0.1) is 0 Å². The Morgan fingerprint density at radius 2 is 1.93 bits per heavy atom. The van der Waals surface area contributed by atoms with E-state index in [1.165, 1.54) is 4.68 Å². The van der Waals surface area contributed by atoms with Gasteiger partial charge < -0.3 is 14.2 Å². The number of hydrogen-bond donors (Lipinski definition) is 0. The van der Waals surface area contributed by atoms with Crippen molar-refractivity contribution in [2.75, 3.05) is 6.79 Å². The van der Waals surface area contributed by atoms with Crippen molar-refractivity contribution in [3.05, 3.63) is 58.5 Å². The quantitative estimate of drug-likeness (QED) is 0.510. The van der Waals surface area contributed by atoms with Crippen LogP contribution in [0, 0.1) is 0 Å². The molecule has 0 bridgehead atoms. The second-order valence-electron chi connectivity index (χ2n) is 6.18. The summed E-state index contributed by atoms with van der Waals surface area (Å²) >= 11 is 0. The number of hydrogen-bond acceptors (Lipinski definition) is 6. The van der Waals surface area contributed by atoms with Gasteiger partial charge in [-0.25, -0.2) is 9.48 Å². The third-order valence-corrected chi connectivity index (χ3v) is 4.34. The highest BCUT2D eigenvalue weighted by atomic mass is 16.7. The van der Waals surface area contributed by atoms with Gasteiger partial charge in [-0.3, -0.25) is 4.79 Å². The van der Waals surface area contributed by atoms with Gasteiger partial charge in [-0.05, 0) is 24.6 Å². The van der Waals surface area contributed by atoms with E-state index in [-0.39, 0.29) is 18.0 Å². The average molecular weight is 366 g/mol. The number of benzene rings is 2. The highest BCUT2D eigenvalue weighted by Gasteiger charge is 2.20. The monoisotopic (exact) mass is 366 g/mol. The lowest BCUT2D eigenvalue weighted by Gasteiger charge is -2.10. The van der Waals surface area contributed by atoms with Gasteiger partial charge in [0, 0.05) is 18.0 Å². The Kier molecular flexibility index (Phi) is 4.50. The van der Waals surface area contributed by atoms with Crippen LogP contribution in [0.25, 0.3) is 10.8 Å². The highest BCUT2D eigenvalue weighted by Crippen LogP contribution is 2.35. The number of unbranched alkanes of at least 4 members (excludes halogenated alkanes) is 1. The summed E-state index contributed by atoms with van der Waals surface area (Å²) < 4.78 is 17.4. The zero-order valence-corrected chi connectivity index (χ0v) is 14.8. The van der Waals surface area contributed by atoms with Crippen molar-refractivity contribution in [3.8, 4) is 17.2 Å². The number of rotatable bonds is 5. The first-order valence-electron chi connectivity index (χ1n) is 8.79. The molecule has 0 atom stereocenters. The summed E-state index contributed by atoms with van der Waals surface area (Å²) in [5, 5.41) is 5.20. The molecule has 1 aliphatic heterocycles. The predicted octanol–water partition coefficient (Wildman–Crippen LogP) is 3.14. The molecule has 7 nitrogen and oxygen atoms in total. The lowest BCUT2D eigenvalue weighted by Crippen LogP contribution is -2.27. The van der Waals surface area contributed by atoms with Crippen molar-refractivity contribution in [2.45, 2.75) is 26.3 Å². The number of ether oxygens (including phenoxy) is 3. The molecule has 0 saturated heterocycles. The molecule has 0 aliphatic carbocycles. The van der Waals surface area contributed by atoms with Gasteiger partial charge in [0.25, 0.3) is 5.56 Å². The predicted molar refractivity (Wildman–Crippen MR) is 98.4 cm³/mol. The number of esters is 1. The maximum Gasteiger partial charge on any atom is 0.364 e. The summed E-state index contributed by atoms with van der Waals surface area (Å²) in [6, 6.07) is 11.8. The van der Waals surface area contributed by atoms with E-state index in [1.807, 2.05) is 6.92 Å². The molecule has 0 spiro atoms. The van der Waals surface area contributed by atoms with Crippen molar-refractivity contribution in [1.82, 2.24) is 9.78 Å². The molecule has 1 aliphatic rings. The molecule has 0 fully saturated rings. The van der Waals surface area contributed by atoms with Crippen LogP contribution >= 0.6 is 0 Å². The van der Waals surface area contributed by atoms with Crippen molar-refractivity contribution in [2.24, 2.45) is 0 Å². The normalized spacial score (nSPS) is 12.3. The molecule has 2 aromatic carbocycles. The second-order valence-corrected chi connectivity index (χ2v) is 6.18. The Morgan fingerprint density at radius 1 is 1.15 bits per heavy atom. The topological polar surface area (TPSA) is 79.7 Å². The van der Waals surface area contributed by atoms with Crippen molar-refractivity contribution >= 4 is 16.7 Å². The van der Waals surface area contributed by atoms with E-state index in [4.69, 9.17) is 14.2 Å². The molecule has 4 rings (SSSR count). The van der Waals surface area contributed by atoms with Crippen LogP contribution in [0.4, 0.5) is 0 Å². The summed E-state index contributed by atoms with van der Waals surface area (Å²) in [5.41, 5.74) is -0.0994. The summed E-state index contributed by atoms with van der Waals surface area (Å²) in [4.78, 5) is 25.4. The minimum atomic E-state index is -0.629. The van der Waals surface area contributed by atoms with Crippen LogP contribution in [0.5, 0.6) is 17.2 Å². The maximum absolute atomic E-state index is 12.8. The minimum Gasteiger partial charge on any atom is -0.454 e. The van der Waals surface area contributed by atoms with Crippen molar-refractivity contribution in [1.29, 1.82) is 0 Å². The van der Waals surface area contributed by atoms with Crippen LogP contribution in [0.3, 0.4) is 0 Å². The van der Waals surface area contributed by atoms with E-state index in [2.05, 4.69) is 5.10 Å². The molecule has 7 heteroatoms. The zero-order valence-electron chi connectivity index (χ0n) is 14.8.